The number of fused-ring (bicyclic) bond motifs is 1. The van der Waals surface area contributed by atoms with Crippen LogP contribution < -0.4 is 10.1 Å². The van der Waals surface area contributed by atoms with Crippen LogP contribution in [0.15, 0.2) is 40.6 Å². The fourth-order valence-corrected chi connectivity index (χ4v) is 4.23. The summed E-state index contributed by atoms with van der Waals surface area (Å²) in [7, 11) is -2.09. The number of benzene rings is 1. The van der Waals surface area contributed by atoms with Gasteiger partial charge in [-0.15, -0.1) is 11.3 Å². The van der Waals surface area contributed by atoms with Gasteiger partial charge in [0.25, 0.3) is 5.91 Å². The van der Waals surface area contributed by atoms with E-state index < -0.39 is 16.1 Å². The van der Waals surface area contributed by atoms with E-state index in [-0.39, 0.29) is 10.8 Å². The fourth-order valence-electron chi connectivity index (χ4n) is 2.23. The standard InChI is InChI=1S/C15H16N2O4S2/c1-10-15(18)16-13-6-5-12(8-14(13)21-10)23(19,20)17(2)9-11-4-3-7-22-11/h3-8,10H,9H2,1-2H3,(H,16,18)/t10-/m1/s1. The maximum absolute atomic E-state index is 12.7. The molecule has 0 bridgehead atoms. The minimum absolute atomic E-state index is 0.138. The minimum atomic E-state index is -3.63. The van der Waals surface area contributed by atoms with Gasteiger partial charge in [-0.1, -0.05) is 6.07 Å². The first-order valence-corrected chi connectivity index (χ1v) is 9.30. The number of rotatable bonds is 4. The molecule has 1 amide bonds. The SMILES string of the molecule is C[C@H]1Oc2cc(S(=O)(=O)N(C)Cc3cccs3)ccc2NC1=O. The highest BCUT2D eigenvalue weighted by Gasteiger charge is 2.27. The zero-order valence-corrected chi connectivity index (χ0v) is 14.3. The van der Waals surface area contributed by atoms with E-state index in [1.807, 2.05) is 17.5 Å². The maximum Gasteiger partial charge on any atom is 0.265 e. The molecule has 0 radical (unpaired) electrons. The first-order valence-electron chi connectivity index (χ1n) is 6.98. The van der Waals surface area contributed by atoms with Gasteiger partial charge in [-0.25, -0.2) is 8.42 Å². The summed E-state index contributed by atoms with van der Waals surface area (Å²) < 4.78 is 32.1. The van der Waals surface area contributed by atoms with E-state index in [0.717, 1.165) is 4.88 Å². The topological polar surface area (TPSA) is 75.7 Å². The lowest BCUT2D eigenvalue weighted by Gasteiger charge is -2.24. The van der Waals surface area contributed by atoms with Crippen molar-refractivity contribution in [1.29, 1.82) is 0 Å². The van der Waals surface area contributed by atoms with E-state index in [1.165, 1.54) is 27.8 Å². The second-order valence-electron chi connectivity index (χ2n) is 5.25. The van der Waals surface area contributed by atoms with Crippen molar-refractivity contribution in [3.8, 4) is 5.75 Å². The number of ether oxygens (including phenoxy) is 1. The van der Waals surface area contributed by atoms with Gasteiger partial charge in [-0.3, -0.25) is 4.79 Å². The van der Waals surface area contributed by atoms with Gasteiger partial charge in [0.15, 0.2) is 6.10 Å². The molecule has 6 nitrogen and oxygen atoms in total. The van der Waals surface area contributed by atoms with Crippen molar-refractivity contribution < 1.29 is 17.9 Å². The summed E-state index contributed by atoms with van der Waals surface area (Å²) in [6, 6.07) is 8.25. The lowest BCUT2D eigenvalue weighted by Crippen LogP contribution is -2.34. The monoisotopic (exact) mass is 352 g/mol. The molecule has 0 saturated heterocycles. The third kappa shape index (κ3) is 3.10. The summed E-state index contributed by atoms with van der Waals surface area (Å²) in [5.74, 6) is 0.116. The van der Waals surface area contributed by atoms with Gasteiger partial charge >= 0.3 is 0 Å². The van der Waals surface area contributed by atoms with E-state index in [4.69, 9.17) is 4.74 Å². The molecule has 0 aliphatic carbocycles. The van der Waals surface area contributed by atoms with Crippen LogP contribution in [0.4, 0.5) is 5.69 Å². The van der Waals surface area contributed by atoms with Crippen LogP contribution in [0.3, 0.4) is 0 Å². The molecule has 8 heteroatoms. The smallest absolute Gasteiger partial charge is 0.265 e. The molecule has 0 spiro atoms. The quantitative estimate of drug-likeness (QED) is 0.916. The van der Waals surface area contributed by atoms with Gasteiger partial charge in [0.1, 0.15) is 5.75 Å². The Kier molecular flexibility index (Phi) is 4.13. The molecule has 1 aromatic carbocycles. The van der Waals surface area contributed by atoms with Crippen LogP contribution in [0, 0.1) is 0 Å². The van der Waals surface area contributed by atoms with Crippen LogP contribution in [0.5, 0.6) is 5.75 Å². The molecule has 23 heavy (non-hydrogen) atoms. The Hall–Kier alpha value is -1.90. The van der Waals surface area contributed by atoms with Gasteiger partial charge in [-0.2, -0.15) is 4.31 Å². The Morgan fingerprint density at radius 3 is 2.83 bits per heavy atom. The zero-order chi connectivity index (χ0) is 16.6. The number of sulfonamides is 1. The number of nitrogens with zero attached hydrogens (tertiary/aromatic N) is 1. The maximum atomic E-state index is 12.7. The van der Waals surface area contributed by atoms with E-state index in [0.29, 0.717) is 18.0 Å². The second-order valence-corrected chi connectivity index (χ2v) is 8.32. The molecule has 1 atom stereocenters. The van der Waals surface area contributed by atoms with E-state index in [9.17, 15) is 13.2 Å². The summed E-state index contributed by atoms with van der Waals surface area (Å²) >= 11 is 1.51. The van der Waals surface area contributed by atoms with Crippen LogP contribution in [0.1, 0.15) is 11.8 Å². The molecular formula is C15H16N2O4S2. The Morgan fingerprint density at radius 1 is 1.35 bits per heavy atom. The molecule has 1 aliphatic heterocycles. The minimum Gasteiger partial charge on any atom is -0.479 e. The van der Waals surface area contributed by atoms with Crippen LogP contribution in [0.25, 0.3) is 0 Å². The van der Waals surface area contributed by atoms with Crippen molar-refractivity contribution in [2.45, 2.75) is 24.5 Å². The van der Waals surface area contributed by atoms with Crippen LogP contribution in [-0.4, -0.2) is 31.8 Å². The third-order valence-electron chi connectivity index (χ3n) is 3.55. The van der Waals surface area contributed by atoms with Gasteiger partial charge in [0.2, 0.25) is 10.0 Å². The number of nitrogens with one attached hydrogen (secondary N) is 1. The summed E-state index contributed by atoms with van der Waals surface area (Å²) in [5.41, 5.74) is 0.480. The predicted octanol–water partition coefficient (Wildman–Crippen LogP) is 2.29. The normalized spacial score (nSPS) is 17.5. The van der Waals surface area contributed by atoms with Crippen LogP contribution in [0.2, 0.25) is 0 Å². The van der Waals surface area contributed by atoms with E-state index in [2.05, 4.69) is 5.32 Å². The fraction of sp³-hybridized carbons (Fsp3) is 0.267. The highest BCUT2D eigenvalue weighted by atomic mass is 32.2. The van der Waals surface area contributed by atoms with Crippen molar-refractivity contribution >= 4 is 33.0 Å². The summed E-state index contributed by atoms with van der Waals surface area (Å²) in [6.45, 7) is 1.92. The molecule has 1 aromatic heterocycles. The largest absolute Gasteiger partial charge is 0.479 e. The van der Waals surface area contributed by atoms with E-state index in [1.54, 1.807) is 20.0 Å². The number of carbonyl (C=O) groups excluding carboxylic acids is 1. The van der Waals surface area contributed by atoms with Gasteiger partial charge in [0, 0.05) is 24.5 Å². The Balaban J connectivity index is 1.88. The zero-order valence-electron chi connectivity index (χ0n) is 12.6. The molecule has 1 aliphatic rings. The summed E-state index contributed by atoms with van der Waals surface area (Å²) in [5, 5.41) is 4.59. The Bertz CT molecular complexity index is 831. The van der Waals surface area contributed by atoms with Crippen molar-refractivity contribution in [2.24, 2.45) is 0 Å². The molecule has 2 heterocycles. The molecule has 0 saturated carbocycles. The van der Waals surface area contributed by atoms with Crippen LogP contribution >= 0.6 is 11.3 Å². The molecule has 122 valence electrons. The number of hydrogen-bond acceptors (Lipinski definition) is 5. The van der Waals surface area contributed by atoms with Gasteiger partial charge in [-0.05, 0) is 30.5 Å². The average Bonchev–Trinajstić information content (AvgIpc) is 3.00. The first kappa shape index (κ1) is 16.0. The molecule has 0 fully saturated rings. The number of thiophene rings is 1. The lowest BCUT2D eigenvalue weighted by molar-refractivity contribution is -0.122. The van der Waals surface area contributed by atoms with Crippen LogP contribution in [-0.2, 0) is 21.4 Å². The Morgan fingerprint density at radius 2 is 2.13 bits per heavy atom. The molecular weight excluding hydrogens is 336 g/mol. The average molecular weight is 352 g/mol. The summed E-state index contributed by atoms with van der Waals surface area (Å²) in [6.07, 6.45) is -0.649. The number of hydrogen-bond donors (Lipinski definition) is 1. The second kappa shape index (κ2) is 5.95. The van der Waals surface area contributed by atoms with Gasteiger partial charge in [0.05, 0.1) is 10.6 Å². The molecule has 0 unspecified atom stereocenters. The molecule has 1 N–H and O–H groups in total. The van der Waals surface area contributed by atoms with Crippen molar-refractivity contribution in [3.05, 3.63) is 40.6 Å². The highest BCUT2D eigenvalue weighted by molar-refractivity contribution is 7.89. The lowest BCUT2D eigenvalue weighted by atomic mass is 10.2. The predicted molar refractivity (Wildman–Crippen MR) is 88.1 cm³/mol. The molecule has 3 rings (SSSR count). The Labute approximate surface area is 138 Å². The first-order chi connectivity index (χ1) is 10.9. The van der Waals surface area contributed by atoms with Gasteiger partial charge < -0.3 is 10.1 Å². The van der Waals surface area contributed by atoms with E-state index >= 15 is 0 Å². The van der Waals surface area contributed by atoms with Crippen molar-refractivity contribution in [1.82, 2.24) is 4.31 Å². The number of anilines is 1. The number of amides is 1. The summed E-state index contributed by atoms with van der Waals surface area (Å²) in [4.78, 5) is 12.7. The van der Waals surface area contributed by atoms with Crippen molar-refractivity contribution in [2.75, 3.05) is 12.4 Å². The number of carbonyl (C=O) groups is 1. The highest BCUT2D eigenvalue weighted by Crippen LogP contribution is 2.33. The van der Waals surface area contributed by atoms with Crippen molar-refractivity contribution in [3.63, 3.8) is 0 Å². The third-order valence-corrected chi connectivity index (χ3v) is 6.21. The molecule has 2 aromatic rings.